The topological polar surface area (TPSA) is 41.6 Å². The summed E-state index contributed by atoms with van der Waals surface area (Å²) in [6.45, 7) is 0. The third-order valence-corrected chi connectivity index (χ3v) is 4.55. The maximum Gasteiger partial charge on any atom is 0.330 e. The number of benzene rings is 2. The summed E-state index contributed by atoms with van der Waals surface area (Å²) >= 11 is 11.4. The van der Waals surface area contributed by atoms with Crippen LogP contribution in [-0.2, 0) is 9.53 Å². The molecule has 128 valence electrons. The van der Waals surface area contributed by atoms with E-state index in [0.717, 1.165) is 11.3 Å². The van der Waals surface area contributed by atoms with Gasteiger partial charge < -0.3 is 15.0 Å². The van der Waals surface area contributed by atoms with Gasteiger partial charge in [-0.05, 0) is 42.0 Å². The second kappa shape index (κ2) is 7.68. The van der Waals surface area contributed by atoms with Crippen LogP contribution in [0.3, 0.4) is 0 Å². The van der Waals surface area contributed by atoms with Gasteiger partial charge in [0.15, 0.2) is 11.2 Å². The van der Waals surface area contributed by atoms with Crippen molar-refractivity contribution in [1.29, 1.82) is 0 Å². The van der Waals surface area contributed by atoms with E-state index in [1.165, 1.54) is 7.11 Å². The minimum atomic E-state index is -0.576. The first-order valence-electron chi connectivity index (χ1n) is 7.76. The van der Waals surface area contributed by atoms with Crippen molar-refractivity contribution in [3.05, 3.63) is 71.3 Å². The van der Waals surface area contributed by atoms with Gasteiger partial charge in [0, 0.05) is 10.7 Å². The van der Waals surface area contributed by atoms with Crippen molar-refractivity contribution >= 4 is 46.7 Å². The Morgan fingerprint density at radius 3 is 2.52 bits per heavy atom. The Hall–Kier alpha value is -2.37. The Morgan fingerprint density at radius 1 is 1.20 bits per heavy atom. The number of nitrogens with one attached hydrogen (secondary N) is 1. The average Bonchev–Trinajstić information content (AvgIpc) is 2.97. The number of hydrogen-bond acceptors (Lipinski definition) is 3. The summed E-state index contributed by atoms with van der Waals surface area (Å²) in [4.78, 5) is 14.1. The maximum absolute atomic E-state index is 12.2. The standard InChI is InChI=1S/C19H17ClN2O2S/c1-24-18(23)17-16(12-7-13-5-3-2-4-6-13)22(19(25)21-17)15-10-8-14(20)9-11-15/h2-12,16-17H,1H3,(H,21,25)/b12-7+/t16-,17+/m0/s1. The van der Waals surface area contributed by atoms with Crippen molar-refractivity contribution in [3.63, 3.8) is 0 Å². The fourth-order valence-corrected chi connectivity index (χ4v) is 3.24. The number of carbonyl (C=O) groups is 1. The third-order valence-electron chi connectivity index (χ3n) is 3.98. The van der Waals surface area contributed by atoms with E-state index in [2.05, 4.69) is 5.32 Å². The molecule has 25 heavy (non-hydrogen) atoms. The van der Waals surface area contributed by atoms with Gasteiger partial charge in [0.25, 0.3) is 0 Å². The van der Waals surface area contributed by atoms with Crippen LogP contribution in [0.15, 0.2) is 60.7 Å². The van der Waals surface area contributed by atoms with Gasteiger partial charge in [0.05, 0.1) is 13.2 Å². The second-order valence-electron chi connectivity index (χ2n) is 5.56. The monoisotopic (exact) mass is 372 g/mol. The summed E-state index contributed by atoms with van der Waals surface area (Å²) < 4.78 is 4.93. The van der Waals surface area contributed by atoms with E-state index < -0.39 is 6.04 Å². The SMILES string of the molecule is COC(=O)[C@@H]1NC(=S)N(c2ccc(Cl)cc2)[C@H]1/C=C/c1ccccc1. The van der Waals surface area contributed by atoms with E-state index in [1.54, 1.807) is 12.1 Å². The minimum absolute atomic E-state index is 0.304. The molecule has 1 aliphatic heterocycles. The minimum Gasteiger partial charge on any atom is -0.467 e. The van der Waals surface area contributed by atoms with E-state index in [9.17, 15) is 4.79 Å². The molecule has 0 aromatic heterocycles. The lowest BCUT2D eigenvalue weighted by Gasteiger charge is -2.24. The third kappa shape index (κ3) is 3.83. The molecule has 1 fully saturated rings. The normalized spacial score (nSPS) is 19.9. The fraction of sp³-hybridized carbons (Fsp3) is 0.158. The van der Waals surface area contributed by atoms with E-state index in [0.29, 0.717) is 10.1 Å². The summed E-state index contributed by atoms with van der Waals surface area (Å²) in [5.41, 5.74) is 1.90. The van der Waals surface area contributed by atoms with Crippen LogP contribution in [0, 0.1) is 0 Å². The lowest BCUT2D eigenvalue weighted by atomic mass is 10.1. The fourth-order valence-electron chi connectivity index (χ4n) is 2.76. The van der Waals surface area contributed by atoms with Gasteiger partial charge in [0.1, 0.15) is 0 Å². The molecular weight excluding hydrogens is 356 g/mol. The highest BCUT2D eigenvalue weighted by Crippen LogP contribution is 2.27. The van der Waals surface area contributed by atoms with Crippen LogP contribution in [0.2, 0.25) is 5.02 Å². The molecule has 2 aromatic carbocycles. The largest absolute Gasteiger partial charge is 0.467 e. The predicted molar refractivity (Wildman–Crippen MR) is 105 cm³/mol. The highest BCUT2D eigenvalue weighted by Gasteiger charge is 2.41. The Labute approximate surface area is 157 Å². The number of rotatable bonds is 4. The molecule has 0 aliphatic carbocycles. The van der Waals surface area contributed by atoms with Gasteiger partial charge in [-0.1, -0.05) is 54.1 Å². The molecule has 2 atom stereocenters. The number of halogens is 1. The number of methoxy groups -OCH3 is 1. The molecule has 3 rings (SSSR count). The summed E-state index contributed by atoms with van der Waals surface area (Å²) in [5, 5.41) is 4.17. The van der Waals surface area contributed by atoms with Gasteiger partial charge in [-0.3, -0.25) is 0 Å². The summed E-state index contributed by atoms with van der Waals surface area (Å²) in [6, 6.07) is 16.3. The van der Waals surface area contributed by atoms with E-state index in [4.69, 9.17) is 28.6 Å². The lowest BCUT2D eigenvalue weighted by molar-refractivity contribution is -0.142. The molecule has 0 spiro atoms. The number of ether oxygens (including phenoxy) is 1. The summed E-state index contributed by atoms with van der Waals surface area (Å²) in [7, 11) is 1.37. The number of hydrogen-bond donors (Lipinski definition) is 1. The molecule has 1 heterocycles. The summed E-state index contributed by atoms with van der Waals surface area (Å²) in [5.74, 6) is -0.360. The van der Waals surface area contributed by atoms with Crippen molar-refractivity contribution < 1.29 is 9.53 Å². The van der Waals surface area contributed by atoms with Crippen LogP contribution < -0.4 is 10.2 Å². The summed E-state index contributed by atoms with van der Waals surface area (Å²) in [6.07, 6.45) is 3.93. The molecule has 0 amide bonds. The van der Waals surface area contributed by atoms with Gasteiger partial charge >= 0.3 is 5.97 Å². The van der Waals surface area contributed by atoms with E-state index in [-0.39, 0.29) is 12.0 Å². The first kappa shape index (κ1) is 17.5. The maximum atomic E-state index is 12.2. The van der Waals surface area contributed by atoms with Crippen molar-refractivity contribution in [2.75, 3.05) is 12.0 Å². The molecule has 0 saturated carbocycles. The zero-order valence-corrected chi connectivity index (χ0v) is 15.1. The quantitative estimate of drug-likeness (QED) is 0.655. The Bertz CT molecular complexity index is 793. The molecule has 4 nitrogen and oxygen atoms in total. The van der Waals surface area contributed by atoms with Crippen molar-refractivity contribution in [2.24, 2.45) is 0 Å². The van der Waals surface area contributed by atoms with Gasteiger partial charge in [-0.2, -0.15) is 0 Å². The highest BCUT2D eigenvalue weighted by molar-refractivity contribution is 7.80. The first-order valence-corrected chi connectivity index (χ1v) is 8.55. The number of carbonyl (C=O) groups excluding carboxylic acids is 1. The Kier molecular flexibility index (Phi) is 5.36. The molecule has 1 aliphatic rings. The smallest absolute Gasteiger partial charge is 0.330 e. The Balaban J connectivity index is 1.96. The van der Waals surface area contributed by atoms with Crippen LogP contribution in [0.25, 0.3) is 6.08 Å². The Morgan fingerprint density at radius 2 is 1.88 bits per heavy atom. The van der Waals surface area contributed by atoms with Gasteiger partial charge in [0.2, 0.25) is 0 Å². The van der Waals surface area contributed by atoms with Crippen LogP contribution in [-0.4, -0.2) is 30.3 Å². The number of nitrogens with zero attached hydrogens (tertiary/aromatic N) is 1. The zero-order valence-electron chi connectivity index (χ0n) is 13.6. The average molecular weight is 373 g/mol. The van der Waals surface area contributed by atoms with Crippen molar-refractivity contribution in [2.45, 2.75) is 12.1 Å². The molecule has 1 N–H and O–H groups in total. The van der Waals surface area contributed by atoms with Crippen molar-refractivity contribution in [3.8, 4) is 0 Å². The van der Waals surface area contributed by atoms with Crippen LogP contribution >= 0.6 is 23.8 Å². The lowest BCUT2D eigenvalue weighted by Crippen LogP contribution is -2.41. The molecule has 6 heteroatoms. The highest BCUT2D eigenvalue weighted by atomic mass is 35.5. The molecule has 2 aromatic rings. The molecule has 0 radical (unpaired) electrons. The van der Waals surface area contributed by atoms with Gasteiger partial charge in [-0.25, -0.2) is 4.79 Å². The van der Waals surface area contributed by atoms with Crippen LogP contribution in [0.1, 0.15) is 5.56 Å². The number of anilines is 1. The first-order chi connectivity index (χ1) is 12.1. The van der Waals surface area contributed by atoms with E-state index >= 15 is 0 Å². The van der Waals surface area contributed by atoms with Crippen molar-refractivity contribution in [1.82, 2.24) is 5.32 Å². The molecule has 1 saturated heterocycles. The van der Waals surface area contributed by atoms with Crippen LogP contribution in [0.5, 0.6) is 0 Å². The molecule has 0 bridgehead atoms. The predicted octanol–water partition coefficient (Wildman–Crippen LogP) is 3.66. The van der Waals surface area contributed by atoms with Gasteiger partial charge in [-0.15, -0.1) is 0 Å². The molecule has 0 unspecified atom stereocenters. The number of esters is 1. The van der Waals surface area contributed by atoms with E-state index in [1.807, 2.05) is 59.5 Å². The molecular formula is C19H17ClN2O2S. The number of thiocarbonyl (C=S) groups is 1. The zero-order chi connectivity index (χ0) is 17.8. The van der Waals surface area contributed by atoms with Crippen LogP contribution in [0.4, 0.5) is 5.69 Å². The second-order valence-corrected chi connectivity index (χ2v) is 6.38.